The SMILES string of the molecule is CS(=O)(=O)N(Cc1ccc(C(=O)NC2CC2)cc1)Cc1ccco1. The van der Waals surface area contributed by atoms with E-state index in [2.05, 4.69) is 5.32 Å². The van der Waals surface area contributed by atoms with Gasteiger partial charge in [-0.3, -0.25) is 4.79 Å². The van der Waals surface area contributed by atoms with Crippen LogP contribution in [0, 0.1) is 0 Å². The highest BCUT2D eigenvalue weighted by Gasteiger charge is 2.24. The summed E-state index contributed by atoms with van der Waals surface area (Å²) in [7, 11) is -3.38. The lowest BCUT2D eigenvalue weighted by molar-refractivity contribution is 0.0951. The summed E-state index contributed by atoms with van der Waals surface area (Å²) in [6.45, 7) is 0.403. The van der Waals surface area contributed by atoms with Crippen LogP contribution >= 0.6 is 0 Å². The van der Waals surface area contributed by atoms with Crippen molar-refractivity contribution in [1.29, 1.82) is 0 Å². The average Bonchev–Trinajstić information content (AvgIpc) is 3.19. The van der Waals surface area contributed by atoms with Gasteiger partial charge in [0, 0.05) is 18.2 Å². The molecule has 6 nitrogen and oxygen atoms in total. The standard InChI is InChI=1S/C17H20N2O4S/c1-24(21,22)19(12-16-3-2-10-23-16)11-13-4-6-14(7-5-13)17(20)18-15-8-9-15/h2-7,10,15H,8-9,11-12H2,1H3,(H,18,20). The van der Waals surface area contributed by atoms with E-state index in [1.807, 2.05) is 0 Å². The molecular formula is C17H20N2O4S. The van der Waals surface area contributed by atoms with Crippen LogP contribution in [-0.2, 0) is 23.1 Å². The summed E-state index contributed by atoms with van der Waals surface area (Å²) in [5.74, 6) is 0.500. The Morgan fingerprint density at radius 3 is 2.46 bits per heavy atom. The van der Waals surface area contributed by atoms with Gasteiger partial charge in [0.1, 0.15) is 5.76 Å². The number of nitrogens with one attached hydrogen (secondary N) is 1. The Morgan fingerprint density at radius 1 is 1.21 bits per heavy atom. The van der Waals surface area contributed by atoms with E-state index in [0.717, 1.165) is 18.4 Å². The van der Waals surface area contributed by atoms with Crippen molar-refractivity contribution in [2.45, 2.75) is 32.0 Å². The number of furan rings is 1. The molecule has 0 radical (unpaired) electrons. The zero-order valence-electron chi connectivity index (χ0n) is 13.4. The molecule has 7 heteroatoms. The molecule has 3 rings (SSSR count). The third-order valence-corrected chi connectivity index (χ3v) is 5.07. The van der Waals surface area contributed by atoms with E-state index >= 15 is 0 Å². The first-order valence-electron chi connectivity index (χ1n) is 7.79. The lowest BCUT2D eigenvalue weighted by Gasteiger charge is -2.19. The largest absolute Gasteiger partial charge is 0.468 e. The molecule has 0 atom stereocenters. The predicted octanol–water partition coefficient (Wildman–Crippen LogP) is 2.13. The molecule has 24 heavy (non-hydrogen) atoms. The first-order chi connectivity index (χ1) is 11.4. The molecule has 1 amide bonds. The fourth-order valence-electron chi connectivity index (χ4n) is 2.33. The Balaban J connectivity index is 1.68. The molecule has 0 aliphatic heterocycles. The maximum Gasteiger partial charge on any atom is 0.251 e. The van der Waals surface area contributed by atoms with E-state index in [1.165, 1.54) is 16.8 Å². The third-order valence-electron chi connectivity index (χ3n) is 3.87. The Morgan fingerprint density at radius 2 is 1.92 bits per heavy atom. The quantitative estimate of drug-likeness (QED) is 0.831. The van der Waals surface area contributed by atoms with E-state index in [0.29, 0.717) is 17.4 Å². The smallest absolute Gasteiger partial charge is 0.251 e. The van der Waals surface area contributed by atoms with Crippen LogP contribution in [-0.4, -0.2) is 30.9 Å². The van der Waals surface area contributed by atoms with Crippen molar-refractivity contribution >= 4 is 15.9 Å². The molecule has 1 aliphatic rings. The third kappa shape index (κ3) is 4.46. The van der Waals surface area contributed by atoms with E-state index < -0.39 is 10.0 Å². The van der Waals surface area contributed by atoms with Crippen LogP contribution in [0.5, 0.6) is 0 Å². The second kappa shape index (κ2) is 6.78. The fourth-order valence-corrected chi connectivity index (χ4v) is 3.07. The van der Waals surface area contributed by atoms with Gasteiger partial charge in [-0.05, 0) is 42.7 Å². The summed E-state index contributed by atoms with van der Waals surface area (Å²) in [4.78, 5) is 12.0. The number of hydrogen-bond donors (Lipinski definition) is 1. The Bertz CT molecular complexity index is 794. The molecule has 1 N–H and O–H groups in total. The molecule has 0 bridgehead atoms. The maximum atomic E-state index is 12.0. The average molecular weight is 348 g/mol. The molecule has 0 spiro atoms. The van der Waals surface area contributed by atoms with Crippen LogP contribution in [0.15, 0.2) is 47.1 Å². The molecular weight excluding hydrogens is 328 g/mol. The van der Waals surface area contributed by atoms with E-state index in [1.54, 1.807) is 36.4 Å². The molecule has 1 aromatic heterocycles. The van der Waals surface area contributed by atoms with Gasteiger partial charge in [-0.25, -0.2) is 8.42 Å². The van der Waals surface area contributed by atoms with E-state index in [9.17, 15) is 13.2 Å². The summed E-state index contributed by atoms with van der Waals surface area (Å²) >= 11 is 0. The second-order valence-electron chi connectivity index (χ2n) is 6.06. The summed E-state index contributed by atoms with van der Waals surface area (Å²) in [5, 5.41) is 2.93. The normalized spacial score (nSPS) is 14.8. The molecule has 1 saturated carbocycles. The van der Waals surface area contributed by atoms with Gasteiger partial charge in [-0.15, -0.1) is 0 Å². The Kier molecular flexibility index (Phi) is 4.73. The summed E-state index contributed by atoms with van der Waals surface area (Å²) in [6, 6.07) is 10.8. The van der Waals surface area contributed by atoms with Gasteiger partial charge in [-0.1, -0.05) is 12.1 Å². The molecule has 1 aliphatic carbocycles. The van der Waals surface area contributed by atoms with E-state index in [4.69, 9.17) is 4.42 Å². The van der Waals surface area contributed by atoms with Gasteiger partial charge in [-0.2, -0.15) is 4.31 Å². The predicted molar refractivity (Wildman–Crippen MR) is 89.7 cm³/mol. The monoisotopic (exact) mass is 348 g/mol. The zero-order valence-corrected chi connectivity index (χ0v) is 14.3. The van der Waals surface area contributed by atoms with Gasteiger partial charge in [0.05, 0.1) is 19.1 Å². The molecule has 1 fully saturated rings. The number of sulfonamides is 1. The van der Waals surface area contributed by atoms with Crippen molar-refractivity contribution in [3.63, 3.8) is 0 Å². The maximum absolute atomic E-state index is 12.0. The van der Waals surface area contributed by atoms with Crippen molar-refractivity contribution < 1.29 is 17.6 Å². The summed E-state index contributed by atoms with van der Waals surface area (Å²) < 4.78 is 30.5. The molecule has 128 valence electrons. The minimum atomic E-state index is -3.38. The lowest BCUT2D eigenvalue weighted by Crippen LogP contribution is -2.29. The zero-order chi connectivity index (χ0) is 17.2. The molecule has 2 aromatic rings. The first kappa shape index (κ1) is 16.7. The van der Waals surface area contributed by atoms with Crippen LogP contribution in [0.3, 0.4) is 0 Å². The van der Waals surface area contributed by atoms with Gasteiger partial charge in [0.15, 0.2) is 0 Å². The number of carbonyl (C=O) groups excluding carboxylic acids is 1. The van der Waals surface area contributed by atoms with Gasteiger partial charge in [0.2, 0.25) is 10.0 Å². The topological polar surface area (TPSA) is 79.6 Å². The second-order valence-corrected chi connectivity index (χ2v) is 8.04. The number of benzene rings is 1. The van der Waals surface area contributed by atoms with Crippen LogP contribution in [0.2, 0.25) is 0 Å². The summed E-state index contributed by atoms with van der Waals surface area (Å²) in [6.07, 6.45) is 4.77. The van der Waals surface area contributed by atoms with Crippen molar-refractivity contribution in [3.8, 4) is 0 Å². The summed E-state index contributed by atoms with van der Waals surface area (Å²) in [5.41, 5.74) is 1.40. The highest BCUT2D eigenvalue weighted by molar-refractivity contribution is 7.88. The number of hydrogen-bond acceptors (Lipinski definition) is 4. The van der Waals surface area contributed by atoms with Crippen molar-refractivity contribution in [2.24, 2.45) is 0 Å². The van der Waals surface area contributed by atoms with Crippen LogP contribution in [0.25, 0.3) is 0 Å². The van der Waals surface area contributed by atoms with Gasteiger partial charge < -0.3 is 9.73 Å². The van der Waals surface area contributed by atoms with Crippen LogP contribution in [0.1, 0.15) is 34.5 Å². The van der Waals surface area contributed by atoms with Crippen molar-refractivity contribution in [3.05, 3.63) is 59.5 Å². The number of nitrogens with zero attached hydrogens (tertiary/aromatic N) is 1. The van der Waals surface area contributed by atoms with Crippen LogP contribution in [0.4, 0.5) is 0 Å². The van der Waals surface area contributed by atoms with Crippen molar-refractivity contribution in [2.75, 3.05) is 6.26 Å². The highest BCUT2D eigenvalue weighted by Crippen LogP contribution is 2.20. The van der Waals surface area contributed by atoms with Gasteiger partial charge in [0.25, 0.3) is 5.91 Å². The Labute approximate surface area is 141 Å². The van der Waals surface area contributed by atoms with E-state index in [-0.39, 0.29) is 19.0 Å². The molecule has 0 saturated heterocycles. The minimum Gasteiger partial charge on any atom is -0.468 e. The molecule has 1 heterocycles. The molecule has 0 unspecified atom stereocenters. The first-order valence-corrected chi connectivity index (χ1v) is 9.64. The Hall–Kier alpha value is -2.12. The lowest BCUT2D eigenvalue weighted by atomic mass is 10.1. The fraction of sp³-hybridized carbons (Fsp3) is 0.353. The van der Waals surface area contributed by atoms with Crippen LogP contribution < -0.4 is 5.32 Å². The number of carbonyl (C=O) groups is 1. The molecule has 1 aromatic carbocycles. The van der Waals surface area contributed by atoms with Gasteiger partial charge >= 0.3 is 0 Å². The number of amides is 1. The number of rotatable bonds is 7. The van der Waals surface area contributed by atoms with Crippen molar-refractivity contribution in [1.82, 2.24) is 9.62 Å². The minimum absolute atomic E-state index is 0.0837. The highest BCUT2D eigenvalue weighted by atomic mass is 32.2.